The predicted molar refractivity (Wildman–Crippen MR) is 143 cm³/mol. The summed E-state index contributed by atoms with van der Waals surface area (Å²) < 4.78 is 8.33. The van der Waals surface area contributed by atoms with Gasteiger partial charge >= 0.3 is 0 Å². The molecule has 0 amide bonds. The zero-order valence-electron chi connectivity index (χ0n) is 20.9. The Morgan fingerprint density at radius 2 is 1.92 bits per heavy atom. The van der Waals surface area contributed by atoms with Crippen molar-refractivity contribution in [2.75, 3.05) is 5.32 Å². The average molecular weight is 492 g/mol. The first-order valence-corrected chi connectivity index (χ1v) is 12.0. The Labute approximate surface area is 212 Å². The van der Waals surface area contributed by atoms with E-state index in [2.05, 4.69) is 37.1 Å². The summed E-state index contributed by atoms with van der Waals surface area (Å²) in [5.41, 5.74) is 6.39. The number of anilines is 1. The molecule has 1 atom stereocenters. The van der Waals surface area contributed by atoms with Crippen LogP contribution in [0.3, 0.4) is 0 Å². The molecule has 0 saturated heterocycles. The molecule has 9 heteroatoms. The van der Waals surface area contributed by atoms with E-state index in [0.29, 0.717) is 28.1 Å². The van der Waals surface area contributed by atoms with E-state index in [9.17, 15) is 4.79 Å². The first-order chi connectivity index (χ1) is 17.9. The van der Waals surface area contributed by atoms with Crippen molar-refractivity contribution in [3.8, 4) is 22.7 Å². The molecule has 3 aromatic carbocycles. The Morgan fingerprint density at radius 1 is 1.08 bits per heavy atom. The van der Waals surface area contributed by atoms with Crippen LogP contribution < -0.4 is 10.7 Å². The Balaban J connectivity index is 1.49. The number of fused-ring (bicyclic) bond motifs is 2. The zero-order valence-corrected chi connectivity index (χ0v) is 20.9. The van der Waals surface area contributed by atoms with Gasteiger partial charge in [0.15, 0.2) is 5.43 Å². The van der Waals surface area contributed by atoms with E-state index >= 15 is 0 Å². The van der Waals surface area contributed by atoms with Crippen molar-refractivity contribution < 1.29 is 4.42 Å². The van der Waals surface area contributed by atoms with Crippen molar-refractivity contribution >= 4 is 27.6 Å². The minimum Gasteiger partial charge on any atom is -0.455 e. The molecule has 2 N–H and O–H groups in total. The smallest absolute Gasteiger partial charge is 0.206 e. The second-order valence-corrected chi connectivity index (χ2v) is 9.34. The normalized spacial score (nSPS) is 12.3. The van der Waals surface area contributed by atoms with Crippen LogP contribution in [0.25, 0.3) is 44.6 Å². The van der Waals surface area contributed by atoms with E-state index < -0.39 is 0 Å². The highest BCUT2D eigenvalue weighted by molar-refractivity contribution is 5.87. The molecule has 37 heavy (non-hydrogen) atoms. The lowest BCUT2D eigenvalue weighted by molar-refractivity contribution is 0.606. The molecule has 3 heterocycles. The number of para-hydroxylation sites is 1. The molecule has 0 spiro atoms. The number of H-pyrrole nitrogens is 1. The van der Waals surface area contributed by atoms with E-state index in [1.54, 1.807) is 4.68 Å². The molecule has 6 rings (SSSR count). The van der Waals surface area contributed by atoms with E-state index in [4.69, 9.17) is 4.42 Å². The molecule has 0 aliphatic heterocycles. The number of hydrogen-bond donors (Lipinski definition) is 2. The van der Waals surface area contributed by atoms with Gasteiger partial charge in [-0.2, -0.15) is 10.3 Å². The van der Waals surface area contributed by atoms with Gasteiger partial charge in [-0.15, -0.1) is 10.2 Å². The van der Waals surface area contributed by atoms with Crippen LogP contribution in [0.15, 0.2) is 70.0 Å². The molecular weight excluding hydrogens is 466 g/mol. The number of hydrogen-bond acceptors (Lipinski definition) is 7. The first kappa shape index (κ1) is 22.7. The number of aromatic nitrogens is 6. The summed E-state index contributed by atoms with van der Waals surface area (Å²) in [5, 5.41) is 24.0. The topological polar surface area (TPSA) is 115 Å². The minimum atomic E-state index is -0.185. The Kier molecular flexibility index (Phi) is 5.33. The van der Waals surface area contributed by atoms with E-state index in [-0.39, 0.29) is 11.5 Å². The number of rotatable bonds is 5. The standard InChI is InChI=1S/C28H25N7O2/c1-15-11-21(17(3)29-24-8-6-5-7-20(24)28-30-33-34-31-28)27-22(12-15)25(36)16(2)26(37-27)18-9-10-23-19(13-18)14-35(4)32-23/h5-14,17,29H,1-4H3,(H,30,31,33,34)/t17-/m1/s1. The van der Waals surface area contributed by atoms with Crippen LogP contribution in [-0.4, -0.2) is 30.4 Å². The molecule has 0 unspecified atom stereocenters. The van der Waals surface area contributed by atoms with Crippen molar-refractivity contribution in [3.05, 3.63) is 87.7 Å². The second kappa shape index (κ2) is 8.70. The molecule has 9 nitrogen and oxygen atoms in total. The molecule has 0 aliphatic rings. The number of tetrazole rings is 1. The summed E-state index contributed by atoms with van der Waals surface area (Å²) in [5.74, 6) is 1.06. The molecule has 3 aromatic heterocycles. The van der Waals surface area contributed by atoms with E-state index in [1.807, 2.05) is 82.5 Å². The quantitative estimate of drug-likeness (QED) is 0.335. The lowest BCUT2D eigenvalue weighted by Gasteiger charge is -2.20. The van der Waals surface area contributed by atoms with Crippen LogP contribution in [0.2, 0.25) is 0 Å². The Morgan fingerprint density at radius 3 is 2.73 bits per heavy atom. The van der Waals surface area contributed by atoms with Crippen LogP contribution >= 0.6 is 0 Å². The molecule has 184 valence electrons. The summed E-state index contributed by atoms with van der Waals surface area (Å²) in [6, 6.07) is 17.5. The maximum Gasteiger partial charge on any atom is 0.206 e. The highest BCUT2D eigenvalue weighted by Crippen LogP contribution is 2.34. The fraction of sp³-hybridized carbons (Fsp3) is 0.179. The number of nitrogens with one attached hydrogen (secondary N) is 2. The highest BCUT2D eigenvalue weighted by Gasteiger charge is 2.20. The van der Waals surface area contributed by atoms with Gasteiger partial charge in [-0.3, -0.25) is 9.48 Å². The Hall–Kier alpha value is -4.79. The summed E-state index contributed by atoms with van der Waals surface area (Å²) >= 11 is 0. The number of benzene rings is 3. The number of aryl methyl sites for hydroxylation is 2. The van der Waals surface area contributed by atoms with Crippen molar-refractivity contribution in [2.45, 2.75) is 26.8 Å². The zero-order chi connectivity index (χ0) is 25.7. The largest absolute Gasteiger partial charge is 0.455 e. The lowest BCUT2D eigenvalue weighted by Crippen LogP contribution is -2.13. The number of nitrogens with zero attached hydrogens (tertiary/aromatic N) is 5. The third kappa shape index (κ3) is 3.94. The van der Waals surface area contributed by atoms with Crippen LogP contribution in [0.4, 0.5) is 5.69 Å². The van der Waals surface area contributed by atoms with E-state index in [0.717, 1.165) is 38.8 Å². The van der Waals surface area contributed by atoms with Gasteiger partial charge in [0.05, 0.1) is 16.9 Å². The lowest BCUT2D eigenvalue weighted by atomic mass is 9.98. The third-order valence-electron chi connectivity index (χ3n) is 6.62. The van der Waals surface area contributed by atoms with Crippen LogP contribution in [0.5, 0.6) is 0 Å². The fourth-order valence-electron chi connectivity index (χ4n) is 4.85. The molecule has 0 radical (unpaired) electrons. The van der Waals surface area contributed by atoms with Gasteiger partial charge in [0.25, 0.3) is 0 Å². The maximum absolute atomic E-state index is 13.6. The molecule has 0 saturated carbocycles. The average Bonchev–Trinajstić information content (AvgIpc) is 3.55. The van der Waals surface area contributed by atoms with Gasteiger partial charge in [0, 0.05) is 46.6 Å². The monoisotopic (exact) mass is 491 g/mol. The molecule has 0 bridgehead atoms. The third-order valence-corrected chi connectivity index (χ3v) is 6.62. The van der Waals surface area contributed by atoms with Gasteiger partial charge in [0.1, 0.15) is 11.3 Å². The van der Waals surface area contributed by atoms with Gasteiger partial charge in [0.2, 0.25) is 5.82 Å². The minimum absolute atomic E-state index is 0.0353. The summed E-state index contributed by atoms with van der Waals surface area (Å²) in [6.45, 7) is 5.85. The highest BCUT2D eigenvalue weighted by atomic mass is 16.3. The van der Waals surface area contributed by atoms with Gasteiger partial charge < -0.3 is 9.73 Å². The number of aromatic amines is 1. The van der Waals surface area contributed by atoms with Gasteiger partial charge in [-0.1, -0.05) is 18.2 Å². The molecule has 0 fully saturated rings. The summed E-state index contributed by atoms with van der Waals surface area (Å²) in [4.78, 5) is 13.6. The van der Waals surface area contributed by atoms with Crippen molar-refractivity contribution in [3.63, 3.8) is 0 Å². The summed E-state index contributed by atoms with van der Waals surface area (Å²) in [7, 11) is 1.89. The first-order valence-electron chi connectivity index (χ1n) is 12.0. The predicted octanol–water partition coefficient (Wildman–Crippen LogP) is 5.32. The van der Waals surface area contributed by atoms with Crippen molar-refractivity contribution in [2.24, 2.45) is 7.05 Å². The Bertz CT molecular complexity index is 1830. The maximum atomic E-state index is 13.6. The molecular formula is C28H25N7O2. The SMILES string of the molecule is Cc1cc([C@@H](C)Nc2ccccc2-c2nn[nH]n2)c2oc(-c3ccc4nn(C)cc4c3)c(C)c(=O)c2c1. The summed E-state index contributed by atoms with van der Waals surface area (Å²) in [6.07, 6.45) is 1.95. The van der Waals surface area contributed by atoms with Crippen LogP contribution in [0, 0.1) is 13.8 Å². The van der Waals surface area contributed by atoms with Gasteiger partial charge in [-0.25, -0.2) is 0 Å². The molecule has 0 aliphatic carbocycles. The van der Waals surface area contributed by atoms with Crippen molar-refractivity contribution in [1.82, 2.24) is 30.4 Å². The van der Waals surface area contributed by atoms with E-state index in [1.165, 1.54) is 0 Å². The molecule has 6 aromatic rings. The van der Waals surface area contributed by atoms with Crippen LogP contribution in [0.1, 0.15) is 29.7 Å². The fourth-order valence-corrected chi connectivity index (χ4v) is 4.85. The van der Waals surface area contributed by atoms with Crippen molar-refractivity contribution in [1.29, 1.82) is 0 Å². The van der Waals surface area contributed by atoms with Gasteiger partial charge in [-0.05, 0) is 67.9 Å². The second-order valence-electron chi connectivity index (χ2n) is 9.34. The van der Waals surface area contributed by atoms with Crippen LogP contribution in [-0.2, 0) is 7.05 Å².